The topological polar surface area (TPSA) is 26.0 Å². The fourth-order valence-electron chi connectivity index (χ4n) is 6.10. The highest BCUT2D eigenvalue weighted by atomic mass is 14.6. The van der Waals surface area contributed by atoms with Gasteiger partial charge in [0.2, 0.25) is 0 Å². The molecular weight excluding hydrogens is 230 g/mol. The summed E-state index contributed by atoms with van der Waals surface area (Å²) in [5.41, 5.74) is 12.2. The minimum absolute atomic E-state index is 0.484. The average molecular weight is 255 g/mol. The van der Waals surface area contributed by atoms with Crippen molar-refractivity contribution in [2.75, 3.05) is 5.73 Å². The van der Waals surface area contributed by atoms with E-state index in [0.29, 0.717) is 5.41 Å². The number of aryl methyl sites for hydroxylation is 1. The number of anilines is 1. The summed E-state index contributed by atoms with van der Waals surface area (Å²) in [4.78, 5) is 0. The molecule has 0 aliphatic heterocycles. The summed E-state index contributed by atoms with van der Waals surface area (Å²) in [5.74, 6) is 3.02. The lowest BCUT2D eigenvalue weighted by Gasteiger charge is -2.57. The summed E-state index contributed by atoms with van der Waals surface area (Å²) in [6.07, 6.45) is 8.84. The first-order valence-electron chi connectivity index (χ1n) is 7.93. The van der Waals surface area contributed by atoms with Gasteiger partial charge in [0.15, 0.2) is 0 Å². The maximum Gasteiger partial charge on any atom is 0.0346 e. The van der Waals surface area contributed by atoms with Gasteiger partial charge in [0.05, 0.1) is 0 Å². The summed E-state index contributed by atoms with van der Waals surface area (Å²) >= 11 is 0. The Hall–Kier alpha value is -0.980. The maximum atomic E-state index is 6.21. The molecule has 0 radical (unpaired) electrons. The number of nitrogen functional groups attached to an aromatic ring is 1. The average Bonchev–Trinajstić information content (AvgIpc) is 2.32. The predicted molar refractivity (Wildman–Crippen MR) is 80.2 cm³/mol. The number of benzene rings is 1. The van der Waals surface area contributed by atoms with Crippen molar-refractivity contribution < 1.29 is 0 Å². The van der Waals surface area contributed by atoms with Crippen LogP contribution in [0.2, 0.25) is 0 Å². The molecule has 0 unspecified atom stereocenters. The monoisotopic (exact) mass is 255 g/mol. The van der Waals surface area contributed by atoms with Gasteiger partial charge in [0.25, 0.3) is 0 Å². The number of nitrogens with two attached hydrogens (primary N) is 1. The third kappa shape index (κ3) is 1.60. The molecule has 0 amide bonds. The van der Waals surface area contributed by atoms with Gasteiger partial charge in [-0.2, -0.15) is 0 Å². The van der Waals surface area contributed by atoms with Gasteiger partial charge < -0.3 is 5.73 Å². The molecule has 0 heterocycles. The van der Waals surface area contributed by atoms with Gasteiger partial charge in [-0.05, 0) is 98.3 Å². The van der Waals surface area contributed by atoms with E-state index in [2.05, 4.69) is 26.0 Å². The van der Waals surface area contributed by atoms with Gasteiger partial charge in [-0.25, -0.2) is 0 Å². The second-order valence-corrected chi connectivity index (χ2v) is 7.67. The van der Waals surface area contributed by atoms with Crippen molar-refractivity contribution in [3.63, 3.8) is 0 Å². The van der Waals surface area contributed by atoms with E-state index >= 15 is 0 Å². The molecule has 1 aromatic carbocycles. The molecule has 4 aliphatic carbocycles. The van der Waals surface area contributed by atoms with Crippen molar-refractivity contribution in [2.45, 2.75) is 57.8 Å². The highest BCUT2D eigenvalue weighted by molar-refractivity contribution is 5.56. The van der Waals surface area contributed by atoms with Crippen LogP contribution in [-0.2, 0) is 5.41 Å². The molecule has 1 nitrogen and oxygen atoms in total. The van der Waals surface area contributed by atoms with Crippen LogP contribution in [0.1, 0.15) is 55.2 Å². The summed E-state index contributed by atoms with van der Waals surface area (Å²) in [7, 11) is 0. The van der Waals surface area contributed by atoms with Crippen LogP contribution in [0.4, 0.5) is 5.69 Å². The fourth-order valence-corrected chi connectivity index (χ4v) is 6.10. The molecule has 0 spiro atoms. The van der Waals surface area contributed by atoms with E-state index in [1.807, 2.05) is 0 Å². The summed E-state index contributed by atoms with van der Waals surface area (Å²) in [6, 6.07) is 4.34. The van der Waals surface area contributed by atoms with Crippen LogP contribution < -0.4 is 5.73 Å². The molecule has 4 aliphatic rings. The summed E-state index contributed by atoms with van der Waals surface area (Å²) < 4.78 is 0. The first-order valence-corrected chi connectivity index (χ1v) is 7.93. The predicted octanol–water partition coefficient (Wildman–Crippen LogP) is 4.35. The molecule has 4 fully saturated rings. The zero-order valence-corrected chi connectivity index (χ0v) is 12.2. The lowest BCUT2D eigenvalue weighted by molar-refractivity contribution is -0.00571. The van der Waals surface area contributed by atoms with Gasteiger partial charge in [-0.15, -0.1) is 0 Å². The van der Waals surface area contributed by atoms with E-state index in [9.17, 15) is 0 Å². The van der Waals surface area contributed by atoms with Crippen LogP contribution in [0, 0.1) is 31.6 Å². The molecule has 0 atom stereocenters. The Bertz CT molecular complexity index is 493. The lowest BCUT2D eigenvalue weighted by atomic mass is 9.47. The number of hydrogen-bond acceptors (Lipinski definition) is 1. The highest BCUT2D eigenvalue weighted by Gasteiger charge is 2.52. The van der Waals surface area contributed by atoms with Gasteiger partial charge in [0, 0.05) is 5.69 Å². The summed E-state index contributed by atoms with van der Waals surface area (Å²) in [6.45, 7) is 4.54. The Labute approximate surface area is 116 Å². The van der Waals surface area contributed by atoms with E-state index in [1.165, 1.54) is 49.7 Å². The van der Waals surface area contributed by atoms with Gasteiger partial charge in [0.1, 0.15) is 0 Å². The first-order chi connectivity index (χ1) is 9.07. The van der Waals surface area contributed by atoms with Crippen LogP contribution >= 0.6 is 0 Å². The second kappa shape index (κ2) is 3.77. The summed E-state index contributed by atoms with van der Waals surface area (Å²) in [5, 5.41) is 0. The van der Waals surface area contributed by atoms with Crippen LogP contribution in [0.5, 0.6) is 0 Å². The van der Waals surface area contributed by atoms with Crippen molar-refractivity contribution >= 4 is 5.69 Å². The molecule has 102 valence electrons. The van der Waals surface area contributed by atoms with E-state index in [-0.39, 0.29) is 0 Å². The normalized spacial score (nSPS) is 39.8. The largest absolute Gasteiger partial charge is 0.399 e. The van der Waals surface area contributed by atoms with Gasteiger partial charge in [-0.3, -0.25) is 0 Å². The second-order valence-electron chi connectivity index (χ2n) is 7.67. The third-order valence-electron chi connectivity index (χ3n) is 6.28. The zero-order valence-electron chi connectivity index (χ0n) is 12.2. The number of hydrogen-bond donors (Lipinski definition) is 1. The first kappa shape index (κ1) is 11.8. The zero-order chi connectivity index (χ0) is 13.2. The van der Waals surface area contributed by atoms with Gasteiger partial charge >= 0.3 is 0 Å². The standard InChI is InChI=1S/C18H25N/c1-11-3-4-16(19)12(2)17(11)18-8-13-5-14(9-18)7-15(6-13)10-18/h3-4,13-15H,5-10,19H2,1-2H3. The SMILES string of the molecule is Cc1ccc(N)c(C)c1C12CC3CC(CC(C3)C1)C2. The Kier molecular flexibility index (Phi) is 2.35. The molecule has 4 bridgehead atoms. The Morgan fingerprint density at radius 1 is 0.947 bits per heavy atom. The van der Waals surface area contributed by atoms with Crippen LogP contribution in [0.25, 0.3) is 0 Å². The highest BCUT2D eigenvalue weighted by Crippen LogP contribution is 2.61. The van der Waals surface area contributed by atoms with Crippen LogP contribution in [-0.4, -0.2) is 0 Å². The van der Waals surface area contributed by atoms with Gasteiger partial charge in [-0.1, -0.05) is 6.07 Å². The van der Waals surface area contributed by atoms with Crippen molar-refractivity contribution in [2.24, 2.45) is 17.8 Å². The van der Waals surface area contributed by atoms with Crippen LogP contribution in [0.15, 0.2) is 12.1 Å². The maximum absolute atomic E-state index is 6.21. The Morgan fingerprint density at radius 3 is 2.00 bits per heavy atom. The lowest BCUT2D eigenvalue weighted by Crippen LogP contribution is -2.49. The Morgan fingerprint density at radius 2 is 1.47 bits per heavy atom. The molecule has 5 rings (SSSR count). The van der Waals surface area contributed by atoms with Crippen molar-refractivity contribution in [3.05, 3.63) is 28.8 Å². The molecule has 19 heavy (non-hydrogen) atoms. The number of rotatable bonds is 1. The van der Waals surface area contributed by atoms with Crippen molar-refractivity contribution in [1.82, 2.24) is 0 Å². The molecule has 1 aromatic rings. The van der Waals surface area contributed by atoms with E-state index in [1.54, 1.807) is 5.56 Å². The minimum atomic E-state index is 0.484. The van der Waals surface area contributed by atoms with Crippen molar-refractivity contribution in [1.29, 1.82) is 0 Å². The van der Waals surface area contributed by atoms with E-state index in [0.717, 1.165) is 23.4 Å². The fraction of sp³-hybridized carbons (Fsp3) is 0.667. The van der Waals surface area contributed by atoms with E-state index < -0.39 is 0 Å². The van der Waals surface area contributed by atoms with Crippen LogP contribution in [0.3, 0.4) is 0 Å². The molecule has 1 heteroatoms. The van der Waals surface area contributed by atoms with E-state index in [4.69, 9.17) is 5.73 Å². The molecule has 4 saturated carbocycles. The molecular formula is C18H25N. The molecule has 0 saturated heterocycles. The minimum Gasteiger partial charge on any atom is -0.399 e. The molecule has 2 N–H and O–H groups in total. The quantitative estimate of drug-likeness (QED) is 0.742. The smallest absolute Gasteiger partial charge is 0.0346 e. The third-order valence-corrected chi connectivity index (χ3v) is 6.28. The Balaban J connectivity index is 1.86. The van der Waals surface area contributed by atoms with Crippen molar-refractivity contribution in [3.8, 4) is 0 Å². The molecule has 0 aromatic heterocycles.